The first-order valence-electron chi connectivity index (χ1n) is 4.95. The van der Waals surface area contributed by atoms with Crippen molar-refractivity contribution >= 4 is 6.09 Å². The molecule has 0 aliphatic heterocycles. The Morgan fingerprint density at radius 1 is 1.40 bits per heavy atom. The Balaban J connectivity index is 2.34. The molecule has 0 spiro atoms. The number of benzene rings is 1. The minimum Gasteiger partial charge on any atom is -0.445 e. The zero-order valence-electron chi connectivity index (χ0n) is 8.98. The van der Waals surface area contributed by atoms with Crippen LogP contribution < -0.4 is 0 Å². The number of amides is 1. The van der Waals surface area contributed by atoms with Gasteiger partial charge in [0.15, 0.2) is 0 Å². The first-order valence-corrected chi connectivity index (χ1v) is 4.95. The van der Waals surface area contributed by atoms with Crippen molar-refractivity contribution in [1.29, 1.82) is 0 Å². The van der Waals surface area contributed by atoms with Crippen LogP contribution in [-0.2, 0) is 11.3 Å². The van der Waals surface area contributed by atoms with E-state index in [0.717, 1.165) is 5.56 Å². The molecule has 3 heteroatoms. The fourth-order valence-electron chi connectivity index (χ4n) is 1.16. The molecule has 0 aromatic heterocycles. The highest BCUT2D eigenvalue weighted by Gasteiger charge is 2.08. The first-order chi connectivity index (χ1) is 7.24. The van der Waals surface area contributed by atoms with E-state index in [-0.39, 0.29) is 6.09 Å². The van der Waals surface area contributed by atoms with Crippen molar-refractivity contribution in [1.82, 2.24) is 4.90 Å². The van der Waals surface area contributed by atoms with Gasteiger partial charge >= 0.3 is 6.09 Å². The highest BCUT2D eigenvalue weighted by molar-refractivity contribution is 5.67. The Kier molecular flexibility index (Phi) is 4.68. The summed E-state index contributed by atoms with van der Waals surface area (Å²) in [6.45, 7) is 4.62. The van der Waals surface area contributed by atoms with Gasteiger partial charge in [-0.3, -0.25) is 0 Å². The van der Waals surface area contributed by atoms with Gasteiger partial charge in [-0.25, -0.2) is 4.79 Å². The molecule has 1 radical (unpaired) electrons. The number of hydrogen-bond acceptors (Lipinski definition) is 2. The second-order valence-corrected chi connectivity index (χ2v) is 3.32. The van der Waals surface area contributed by atoms with Crippen LogP contribution in [0, 0.1) is 6.92 Å². The third kappa shape index (κ3) is 4.02. The van der Waals surface area contributed by atoms with E-state index in [1.165, 1.54) is 4.90 Å². The molecule has 0 fully saturated rings. The van der Waals surface area contributed by atoms with Crippen molar-refractivity contribution in [2.45, 2.75) is 13.0 Å². The van der Waals surface area contributed by atoms with E-state index >= 15 is 0 Å². The molecule has 3 nitrogen and oxygen atoms in total. The van der Waals surface area contributed by atoms with Crippen LogP contribution >= 0.6 is 0 Å². The highest BCUT2D eigenvalue weighted by atomic mass is 16.6. The van der Waals surface area contributed by atoms with Crippen molar-refractivity contribution in [3.8, 4) is 0 Å². The van der Waals surface area contributed by atoms with Crippen molar-refractivity contribution < 1.29 is 9.53 Å². The predicted octanol–water partition coefficient (Wildman–Crippen LogP) is 2.48. The number of carbonyl (C=O) groups is 1. The maximum atomic E-state index is 11.4. The van der Waals surface area contributed by atoms with Crippen molar-refractivity contribution in [2.24, 2.45) is 0 Å². The van der Waals surface area contributed by atoms with Gasteiger partial charge in [0.05, 0.1) is 0 Å². The SMILES string of the molecule is [CH2]CCN(C)C(=O)OCc1ccccc1. The zero-order chi connectivity index (χ0) is 11.1. The lowest BCUT2D eigenvalue weighted by Gasteiger charge is -2.15. The van der Waals surface area contributed by atoms with Crippen LogP contribution in [0.1, 0.15) is 12.0 Å². The number of carbonyl (C=O) groups excluding carboxylic acids is 1. The average molecular weight is 206 g/mol. The Bertz CT molecular complexity index is 298. The summed E-state index contributed by atoms with van der Waals surface area (Å²) in [6.07, 6.45) is 0.388. The van der Waals surface area contributed by atoms with Gasteiger partial charge in [0.2, 0.25) is 0 Å². The van der Waals surface area contributed by atoms with Crippen molar-refractivity contribution in [3.05, 3.63) is 42.8 Å². The molecule has 0 atom stereocenters. The van der Waals surface area contributed by atoms with Gasteiger partial charge in [-0.15, -0.1) is 0 Å². The Morgan fingerprint density at radius 2 is 2.07 bits per heavy atom. The van der Waals surface area contributed by atoms with Gasteiger partial charge in [0.1, 0.15) is 6.61 Å². The van der Waals surface area contributed by atoms with E-state index in [9.17, 15) is 4.79 Å². The van der Waals surface area contributed by atoms with Crippen LogP contribution in [0.4, 0.5) is 4.79 Å². The van der Waals surface area contributed by atoms with Crippen LogP contribution in [0.5, 0.6) is 0 Å². The number of hydrogen-bond donors (Lipinski definition) is 0. The van der Waals surface area contributed by atoms with E-state index in [2.05, 4.69) is 6.92 Å². The topological polar surface area (TPSA) is 29.5 Å². The number of nitrogens with zero attached hydrogens (tertiary/aromatic N) is 1. The van der Waals surface area contributed by atoms with E-state index in [1.807, 2.05) is 30.3 Å². The van der Waals surface area contributed by atoms with E-state index in [0.29, 0.717) is 19.6 Å². The van der Waals surface area contributed by atoms with E-state index in [4.69, 9.17) is 4.74 Å². The van der Waals surface area contributed by atoms with Gasteiger partial charge in [-0.2, -0.15) is 0 Å². The summed E-state index contributed by atoms with van der Waals surface area (Å²) in [5, 5.41) is 0. The molecule has 1 aromatic carbocycles. The molecular formula is C12H16NO2. The summed E-state index contributed by atoms with van der Waals surface area (Å²) in [7, 11) is 1.71. The lowest BCUT2D eigenvalue weighted by Crippen LogP contribution is -2.27. The molecular weight excluding hydrogens is 190 g/mol. The Labute approximate surface area is 90.7 Å². The molecule has 1 amide bonds. The standard InChI is InChI=1S/C12H16NO2/c1-3-9-13(2)12(14)15-10-11-7-5-4-6-8-11/h4-8H,1,3,9-10H2,2H3. The van der Waals surface area contributed by atoms with Crippen LogP contribution in [0.2, 0.25) is 0 Å². The van der Waals surface area contributed by atoms with Gasteiger partial charge in [0.25, 0.3) is 0 Å². The quantitative estimate of drug-likeness (QED) is 0.757. The summed E-state index contributed by atoms with van der Waals surface area (Å²) >= 11 is 0. The molecule has 1 rings (SSSR count). The summed E-state index contributed by atoms with van der Waals surface area (Å²) in [5.74, 6) is 0. The van der Waals surface area contributed by atoms with Crippen LogP contribution in [0.25, 0.3) is 0 Å². The zero-order valence-corrected chi connectivity index (χ0v) is 8.98. The number of ether oxygens (including phenoxy) is 1. The van der Waals surface area contributed by atoms with Gasteiger partial charge in [-0.05, 0) is 12.0 Å². The smallest absolute Gasteiger partial charge is 0.409 e. The molecule has 0 heterocycles. The van der Waals surface area contributed by atoms with Crippen LogP contribution in [0.3, 0.4) is 0 Å². The molecule has 81 valence electrons. The van der Waals surface area contributed by atoms with Crippen molar-refractivity contribution in [2.75, 3.05) is 13.6 Å². The van der Waals surface area contributed by atoms with Crippen LogP contribution in [-0.4, -0.2) is 24.6 Å². The molecule has 0 N–H and O–H groups in total. The molecule has 0 unspecified atom stereocenters. The maximum absolute atomic E-state index is 11.4. The van der Waals surface area contributed by atoms with Gasteiger partial charge < -0.3 is 9.64 Å². The van der Waals surface area contributed by atoms with E-state index in [1.54, 1.807) is 7.05 Å². The Morgan fingerprint density at radius 3 is 2.67 bits per heavy atom. The fourth-order valence-corrected chi connectivity index (χ4v) is 1.16. The lowest BCUT2D eigenvalue weighted by molar-refractivity contribution is 0.105. The summed E-state index contributed by atoms with van der Waals surface area (Å²) in [6, 6.07) is 9.62. The first kappa shape index (κ1) is 11.6. The monoisotopic (exact) mass is 206 g/mol. The minimum absolute atomic E-state index is 0.303. The van der Waals surface area contributed by atoms with E-state index < -0.39 is 0 Å². The number of rotatable bonds is 4. The molecule has 0 saturated heterocycles. The molecule has 0 aliphatic rings. The predicted molar refractivity (Wildman–Crippen MR) is 59.2 cm³/mol. The van der Waals surface area contributed by atoms with Crippen molar-refractivity contribution in [3.63, 3.8) is 0 Å². The van der Waals surface area contributed by atoms with Crippen LogP contribution in [0.15, 0.2) is 30.3 Å². The minimum atomic E-state index is -0.303. The normalized spacial score (nSPS) is 9.73. The molecule has 1 aromatic rings. The summed E-state index contributed by atoms with van der Waals surface area (Å²) in [4.78, 5) is 12.9. The molecule has 0 saturated carbocycles. The van der Waals surface area contributed by atoms with Gasteiger partial charge in [0, 0.05) is 13.6 Å². The van der Waals surface area contributed by atoms with Gasteiger partial charge in [-0.1, -0.05) is 37.3 Å². The third-order valence-electron chi connectivity index (χ3n) is 2.01. The maximum Gasteiger partial charge on any atom is 0.409 e. The summed E-state index contributed by atoms with van der Waals surface area (Å²) < 4.78 is 5.10. The second-order valence-electron chi connectivity index (χ2n) is 3.32. The Hall–Kier alpha value is -1.51. The molecule has 0 bridgehead atoms. The molecule has 15 heavy (non-hydrogen) atoms. The highest BCUT2D eigenvalue weighted by Crippen LogP contribution is 2.02. The fraction of sp³-hybridized carbons (Fsp3) is 0.333. The molecule has 0 aliphatic carbocycles. The average Bonchev–Trinajstić information content (AvgIpc) is 2.27. The second kappa shape index (κ2) is 6.06. The lowest BCUT2D eigenvalue weighted by atomic mass is 10.2. The summed E-state index contributed by atoms with van der Waals surface area (Å²) in [5.41, 5.74) is 0.994. The third-order valence-corrected chi connectivity index (χ3v) is 2.01. The largest absolute Gasteiger partial charge is 0.445 e.